The lowest BCUT2D eigenvalue weighted by Gasteiger charge is -2.28. The number of aliphatic hydroxyl groups is 2. The molecule has 0 amide bonds. The molecule has 344 valence electrons. The Morgan fingerprint density at radius 1 is 0.650 bits per heavy atom. The van der Waals surface area contributed by atoms with Gasteiger partial charge in [-0.05, 0) is 64.2 Å². The first kappa shape index (κ1) is 57.1. The van der Waals surface area contributed by atoms with Crippen LogP contribution in [0.2, 0.25) is 0 Å². The monoisotopic (exact) mass is 864 g/mol. The number of carbonyl (C=O) groups is 2. The van der Waals surface area contributed by atoms with Gasteiger partial charge in [-0.25, -0.2) is 0 Å². The van der Waals surface area contributed by atoms with E-state index in [1.165, 1.54) is 51.4 Å². The molecule has 1 unspecified atom stereocenters. The fraction of sp³-hybridized carbons (Fsp3) is 0.667. The predicted octanol–water partition coefficient (Wildman–Crippen LogP) is 10.1. The number of hydrogen-bond acceptors (Lipinski definition) is 10. The predicted molar refractivity (Wildman–Crippen MR) is 243 cm³/mol. The Balaban J connectivity index is 4.63. The molecule has 12 heteroatoms. The van der Waals surface area contributed by atoms with Crippen LogP contribution in [0, 0.1) is 0 Å². The van der Waals surface area contributed by atoms with Crippen molar-refractivity contribution in [1.29, 1.82) is 0 Å². The van der Waals surface area contributed by atoms with E-state index >= 15 is 0 Å². The minimum Gasteiger partial charge on any atom is -0.756 e. The van der Waals surface area contributed by atoms with Gasteiger partial charge in [0.05, 0.1) is 40.0 Å². The molecule has 2 N–H and O–H groups in total. The summed E-state index contributed by atoms with van der Waals surface area (Å²) in [5.74, 6) is -1.03. The summed E-state index contributed by atoms with van der Waals surface area (Å²) in [6, 6.07) is 0. The molecule has 0 aliphatic heterocycles. The van der Waals surface area contributed by atoms with Gasteiger partial charge in [-0.1, -0.05) is 150 Å². The molecule has 0 aliphatic carbocycles. The third kappa shape index (κ3) is 41.8. The molecule has 0 aromatic carbocycles. The van der Waals surface area contributed by atoms with E-state index < -0.39 is 44.7 Å². The third-order valence-corrected chi connectivity index (χ3v) is 10.0. The maximum absolute atomic E-state index is 12.7. The molecule has 11 nitrogen and oxygen atoms in total. The van der Waals surface area contributed by atoms with E-state index in [9.17, 15) is 29.3 Å². The molecule has 0 fully saturated rings. The number of aliphatic hydroxyl groups excluding tert-OH is 2. The number of quaternary nitrogens is 1. The highest BCUT2D eigenvalue weighted by atomic mass is 31.2. The van der Waals surface area contributed by atoms with Crippen LogP contribution < -0.4 is 4.89 Å². The van der Waals surface area contributed by atoms with Crippen LogP contribution in [0.15, 0.2) is 85.1 Å². The number of unbranched alkanes of at least 4 members (excludes halogenated alkanes) is 12. The average Bonchev–Trinajstić information content (AvgIpc) is 3.19. The number of phosphoric ester groups is 1. The van der Waals surface area contributed by atoms with Gasteiger partial charge in [0.1, 0.15) is 19.8 Å². The summed E-state index contributed by atoms with van der Waals surface area (Å²) in [6.45, 7) is 3.77. The third-order valence-electron chi connectivity index (χ3n) is 9.07. The Morgan fingerprint density at radius 2 is 1.25 bits per heavy atom. The van der Waals surface area contributed by atoms with Gasteiger partial charge in [-0.15, -0.1) is 0 Å². The SMILES string of the molecule is CC/C=C\C[C@H](O)/C=C/C=C\C/C=C\C=C\[C@H](O)/C=C\CCCC(=O)O[C@H](COC(=O)CCCCCCCCC/C=C\CCCCCC)COP(=O)([O-])OCC[N+](C)(C)C. The van der Waals surface area contributed by atoms with E-state index in [0.29, 0.717) is 43.1 Å². The first-order valence-electron chi connectivity index (χ1n) is 22.5. The normalized spacial score (nSPS) is 15.4. The topological polar surface area (TPSA) is 152 Å². The van der Waals surface area contributed by atoms with Crippen molar-refractivity contribution in [3.8, 4) is 0 Å². The number of phosphoric acid groups is 1. The van der Waals surface area contributed by atoms with E-state index in [1.807, 2.05) is 63.7 Å². The molecule has 0 spiro atoms. The Bertz CT molecular complexity index is 1330. The fourth-order valence-corrected chi connectivity index (χ4v) is 6.23. The summed E-state index contributed by atoms with van der Waals surface area (Å²) in [6.07, 6.45) is 42.6. The Hall–Kier alpha value is -2.89. The number of hydrogen-bond donors (Lipinski definition) is 2. The lowest BCUT2D eigenvalue weighted by atomic mass is 10.1. The van der Waals surface area contributed by atoms with Crippen LogP contribution in [0.3, 0.4) is 0 Å². The molecule has 0 radical (unpaired) electrons. The average molecular weight is 864 g/mol. The van der Waals surface area contributed by atoms with E-state index in [-0.39, 0.29) is 26.1 Å². The van der Waals surface area contributed by atoms with Crippen molar-refractivity contribution in [2.75, 3.05) is 47.5 Å². The highest BCUT2D eigenvalue weighted by Gasteiger charge is 2.21. The van der Waals surface area contributed by atoms with Gasteiger partial charge in [0.2, 0.25) is 0 Å². The summed E-state index contributed by atoms with van der Waals surface area (Å²) in [7, 11) is 1.02. The highest BCUT2D eigenvalue weighted by molar-refractivity contribution is 7.45. The Labute approximate surface area is 364 Å². The van der Waals surface area contributed by atoms with Crippen molar-refractivity contribution >= 4 is 19.8 Å². The number of likely N-dealkylation sites (N-methyl/N-ethyl adjacent to an activating group) is 1. The van der Waals surface area contributed by atoms with Crippen LogP contribution in [-0.4, -0.2) is 92.5 Å². The number of rotatable bonds is 39. The van der Waals surface area contributed by atoms with E-state index in [4.69, 9.17) is 18.5 Å². The van der Waals surface area contributed by atoms with E-state index in [1.54, 1.807) is 30.4 Å². The minimum absolute atomic E-state index is 0.0336. The second kappa shape index (κ2) is 39.0. The van der Waals surface area contributed by atoms with Crippen LogP contribution in [-0.2, 0) is 32.7 Å². The lowest BCUT2D eigenvalue weighted by Crippen LogP contribution is -2.37. The van der Waals surface area contributed by atoms with E-state index in [0.717, 1.165) is 32.1 Å². The summed E-state index contributed by atoms with van der Waals surface area (Å²) in [5.41, 5.74) is 0. The zero-order chi connectivity index (χ0) is 44.6. The number of esters is 2. The minimum atomic E-state index is -4.69. The summed E-state index contributed by atoms with van der Waals surface area (Å²) in [5, 5.41) is 20.0. The molecule has 0 aromatic rings. The quantitative estimate of drug-likeness (QED) is 0.0153. The van der Waals surface area contributed by atoms with Gasteiger partial charge < -0.3 is 38.1 Å². The number of allylic oxidation sites excluding steroid dienone is 10. The highest BCUT2D eigenvalue weighted by Crippen LogP contribution is 2.38. The lowest BCUT2D eigenvalue weighted by molar-refractivity contribution is -0.870. The van der Waals surface area contributed by atoms with Crippen LogP contribution in [0.25, 0.3) is 0 Å². The molecule has 0 saturated carbocycles. The zero-order valence-corrected chi connectivity index (χ0v) is 38.7. The van der Waals surface area contributed by atoms with E-state index in [2.05, 4.69) is 26.0 Å². The number of carbonyl (C=O) groups excluding carboxylic acids is 2. The summed E-state index contributed by atoms with van der Waals surface area (Å²) < 4.78 is 33.7. The standard InChI is InChI=1S/C48H82NO10P/c1-6-8-10-11-12-13-14-15-16-17-18-19-23-26-32-38-47(52)56-42-46(43-58-60(54,55)57-41-40-49(3,4)5)59-48(53)39-33-27-31-37-45(51)36-30-25-22-20-21-24-29-35-44(50)34-28-9-7-2/h9,13-14,21-22,24-25,28-31,35-37,44-46,50-51H,6-8,10-12,15-20,23,26-27,32-34,38-43H2,1-5H3/b14-13-,24-21-,25-22-,28-9-,35-29+,36-30+,37-31-/t44-,45-,46+/m0/s1. The van der Waals surface area contributed by atoms with Crippen LogP contribution in [0.4, 0.5) is 0 Å². The first-order chi connectivity index (χ1) is 28.8. The molecule has 0 rings (SSSR count). The van der Waals surface area contributed by atoms with Gasteiger partial charge in [0.15, 0.2) is 6.10 Å². The zero-order valence-electron chi connectivity index (χ0n) is 37.8. The Kier molecular flexibility index (Phi) is 37.1. The fourth-order valence-electron chi connectivity index (χ4n) is 5.51. The molecule has 60 heavy (non-hydrogen) atoms. The van der Waals surface area contributed by atoms with Crippen LogP contribution >= 0.6 is 7.82 Å². The van der Waals surface area contributed by atoms with Gasteiger partial charge in [-0.2, -0.15) is 0 Å². The van der Waals surface area contributed by atoms with Crippen molar-refractivity contribution < 1.29 is 52.3 Å². The van der Waals surface area contributed by atoms with Crippen molar-refractivity contribution in [3.63, 3.8) is 0 Å². The molecule has 0 aromatic heterocycles. The molecule has 0 heterocycles. The molecule has 0 bridgehead atoms. The second-order valence-corrected chi connectivity index (χ2v) is 17.5. The first-order valence-corrected chi connectivity index (χ1v) is 24.0. The molecular weight excluding hydrogens is 781 g/mol. The van der Waals surface area contributed by atoms with Gasteiger partial charge in [0.25, 0.3) is 7.82 Å². The van der Waals surface area contributed by atoms with Crippen LogP contribution in [0.1, 0.15) is 142 Å². The number of nitrogens with zero attached hydrogens (tertiary/aromatic N) is 1. The smallest absolute Gasteiger partial charge is 0.306 e. The molecule has 0 saturated heterocycles. The molecule has 0 aliphatic rings. The van der Waals surface area contributed by atoms with Crippen molar-refractivity contribution in [1.82, 2.24) is 0 Å². The van der Waals surface area contributed by atoms with Crippen molar-refractivity contribution in [2.24, 2.45) is 0 Å². The largest absolute Gasteiger partial charge is 0.756 e. The molecular formula is C48H82NO10P. The Morgan fingerprint density at radius 3 is 1.90 bits per heavy atom. The number of ether oxygens (including phenoxy) is 2. The van der Waals surface area contributed by atoms with Gasteiger partial charge in [0, 0.05) is 12.8 Å². The molecule has 4 atom stereocenters. The van der Waals surface area contributed by atoms with Crippen molar-refractivity contribution in [3.05, 3.63) is 85.1 Å². The van der Waals surface area contributed by atoms with Gasteiger partial charge in [-0.3, -0.25) is 14.2 Å². The maximum Gasteiger partial charge on any atom is 0.306 e. The van der Waals surface area contributed by atoms with Gasteiger partial charge >= 0.3 is 11.9 Å². The second-order valence-electron chi connectivity index (χ2n) is 16.1. The van der Waals surface area contributed by atoms with Crippen LogP contribution in [0.5, 0.6) is 0 Å². The maximum atomic E-state index is 12.7. The summed E-state index contributed by atoms with van der Waals surface area (Å²) in [4.78, 5) is 37.6. The van der Waals surface area contributed by atoms with Crippen molar-refractivity contribution in [2.45, 2.75) is 161 Å². The summed E-state index contributed by atoms with van der Waals surface area (Å²) >= 11 is 0.